The number of benzene rings is 1. The van der Waals surface area contributed by atoms with E-state index >= 15 is 0 Å². The van der Waals surface area contributed by atoms with Gasteiger partial charge in [-0.25, -0.2) is 0 Å². The molecule has 0 saturated carbocycles. The minimum atomic E-state index is -4.34. The van der Waals surface area contributed by atoms with Crippen LogP contribution >= 0.6 is 0 Å². The lowest BCUT2D eigenvalue weighted by Gasteiger charge is -2.31. The summed E-state index contributed by atoms with van der Waals surface area (Å²) in [7, 11) is 0. The van der Waals surface area contributed by atoms with Crippen molar-refractivity contribution in [1.29, 1.82) is 0 Å². The van der Waals surface area contributed by atoms with Crippen LogP contribution in [-0.4, -0.2) is 12.1 Å². The molecule has 1 aliphatic rings. The van der Waals surface area contributed by atoms with Crippen molar-refractivity contribution in [2.24, 2.45) is 5.73 Å². The van der Waals surface area contributed by atoms with Gasteiger partial charge in [-0.3, -0.25) is 0 Å². The van der Waals surface area contributed by atoms with E-state index in [-0.39, 0.29) is 12.1 Å². The number of anilines is 1. The minimum Gasteiger partial charge on any atom is -0.366 e. The van der Waals surface area contributed by atoms with Gasteiger partial charge in [-0.15, -0.1) is 0 Å². The predicted octanol–water partition coefficient (Wildman–Crippen LogP) is 3.93. The average Bonchev–Trinajstić information content (AvgIpc) is 2.78. The van der Waals surface area contributed by atoms with Crippen molar-refractivity contribution in [3.05, 3.63) is 29.3 Å². The van der Waals surface area contributed by atoms with E-state index < -0.39 is 11.7 Å². The molecule has 2 N–H and O–H groups in total. The summed E-state index contributed by atoms with van der Waals surface area (Å²) >= 11 is 0. The minimum absolute atomic E-state index is 0.0955. The van der Waals surface area contributed by atoms with Crippen LogP contribution in [0.2, 0.25) is 0 Å². The van der Waals surface area contributed by atoms with Crippen molar-refractivity contribution in [2.75, 3.05) is 4.90 Å². The molecule has 1 aliphatic heterocycles. The summed E-state index contributed by atoms with van der Waals surface area (Å²) in [5, 5.41) is 0. The highest BCUT2D eigenvalue weighted by molar-refractivity contribution is 5.54. The molecule has 112 valence electrons. The molecular weight excluding hydrogens is 265 g/mol. The maximum absolute atomic E-state index is 12.9. The zero-order valence-corrected chi connectivity index (χ0v) is 11.9. The van der Waals surface area contributed by atoms with E-state index in [1.54, 1.807) is 12.1 Å². The fourth-order valence-electron chi connectivity index (χ4n) is 3.12. The Balaban J connectivity index is 2.39. The van der Waals surface area contributed by atoms with Gasteiger partial charge in [0.1, 0.15) is 0 Å². The van der Waals surface area contributed by atoms with Gasteiger partial charge in [0.15, 0.2) is 0 Å². The van der Waals surface area contributed by atoms with Crippen LogP contribution < -0.4 is 10.6 Å². The third-order valence-electron chi connectivity index (χ3n) is 4.17. The Labute approximate surface area is 117 Å². The topological polar surface area (TPSA) is 29.3 Å². The van der Waals surface area contributed by atoms with Gasteiger partial charge in [-0.2, -0.15) is 13.2 Å². The molecule has 2 rings (SSSR count). The first-order valence-corrected chi connectivity index (χ1v) is 7.07. The molecule has 0 aliphatic carbocycles. The van der Waals surface area contributed by atoms with Crippen molar-refractivity contribution in [1.82, 2.24) is 0 Å². The predicted molar refractivity (Wildman–Crippen MR) is 74.6 cm³/mol. The van der Waals surface area contributed by atoms with E-state index in [1.807, 2.05) is 0 Å². The number of alkyl halides is 3. The van der Waals surface area contributed by atoms with Crippen LogP contribution in [0.4, 0.5) is 18.9 Å². The van der Waals surface area contributed by atoms with Crippen molar-refractivity contribution in [3.63, 3.8) is 0 Å². The van der Waals surface area contributed by atoms with Crippen LogP contribution in [0.15, 0.2) is 18.2 Å². The Morgan fingerprint density at radius 1 is 1.30 bits per heavy atom. The third kappa shape index (κ3) is 2.77. The zero-order chi connectivity index (χ0) is 14.9. The van der Waals surface area contributed by atoms with Gasteiger partial charge in [0, 0.05) is 24.3 Å². The quantitative estimate of drug-likeness (QED) is 0.912. The van der Waals surface area contributed by atoms with E-state index in [9.17, 15) is 13.2 Å². The molecule has 1 fully saturated rings. The van der Waals surface area contributed by atoms with Gasteiger partial charge in [0.25, 0.3) is 0 Å². The molecule has 5 heteroatoms. The van der Waals surface area contributed by atoms with Crippen molar-refractivity contribution < 1.29 is 13.2 Å². The van der Waals surface area contributed by atoms with Crippen molar-refractivity contribution >= 4 is 5.69 Å². The molecule has 0 bridgehead atoms. The Morgan fingerprint density at radius 3 is 2.55 bits per heavy atom. The Bertz CT molecular complexity index is 471. The summed E-state index contributed by atoms with van der Waals surface area (Å²) in [5.74, 6) is 0. The van der Waals surface area contributed by atoms with Gasteiger partial charge < -0.3 is 10.6 Å². The standard InChI is InChI=1S/C15H21F3N2/c1-3-12-5-4-10(2)20(12)13-6-7-14(15(16,17)18)11(8-13)9-19/h6-8,10,12H,3-5,9,19H2,1-2H3. The highest BCUT2D eigenvalue weighted by Crippen LogP contribution is 2.37. The highest BCUT2D eigenvalue weighted by Gasteiger charge is 2.34. The molecule has 0 radical (unpaired) electrons. The molecule has 2 nitrogen and oxygen atoms in total. The lowest BCUT2D eigenvalue weighted by atomic mass is 10.0. The fourth-order valence-corrected chi connectivity index (χ4v) is 3.12. The van der Waals surface area contributed by atoms with E-state index in [1.165, 1.54) is 0 Å². The molecule has 1 aromatic carbocycles. The van der Waals surface area contributed by atoms with E-state index in [0.29, 0.717) is 12.1 Å². The molecule has 1 saturated heterocycles. The molecule has 20 heavy (non-hydrogen) atoms. The smallest absolute Gasteiger partial charge is 0.366 e. The third-order valence-corrected chi connectivity index (χ3v) is 4.17. The first-order valence-electron chi connectivity index (χ1n) is 7.07. The SMILES string of the molecule is CCC1CCC(C)N1c1ccc(C(F)(F)F)c(CN)c1. The maximum atomic E-state index is 12.9. The molecular formula is C15H21F3N2. The van der Waals surface area contributed by atoms with E-state index in [2.05, 4.69) is 18.7 Å². The lowest BCUT2D eigenvalue weighted by Crippen LogP contribution is -2.34. The Kier molecular flexibility index (Phi) is 4.28. The second-order valence-corrected chi connectivity index (χ2v) is 5.44. The molecule has 2 unspecified atom stereocenters. The second-order valence-electron chi connectivity index (χ2n) is 5.44. The van der Waals surface area contributed by atoms with Gasteiger partial charge >= 0.3 is 6.18 Å². The van der Waals surface area contributed by atoms with E-state index in [0.717, 1.165) is 31.0 Å². The van der Waals surface area contributed by atoms with Crippen LogP contribution in [-0.2, 0) is 12.7 Å². The maximum Gasteiger partial charge on any atom is 0.416 e. The Morgan fingerprint density at radius 2 is 2.00 bits per heavy atom. The Hall–Kier alpha value is -1.23. The number of nitrogens with two attached hydrogens (primary N) is 1. The number of nitrogens with zero attached hydrogens (tertiary/aromatic N) is 1. The fraction of sp³-hybridized carbons (Fsp3) is 0.600. The first kappa shape index (κ1) is 15.2. The summed E-state index contributed by atoms with van der Waals surface area (Å²) < 4.78 is 38.7. The monoisotopic (exact) mass is 286 g/mol. The number of rotatable bonds is 3. The van der Waals surface area contributed by atoms with Crippen LogP contribution in [0.25, 0.3) is 0 Å². The summed E-state index contributed by atoms with van der Waals surface area (Å²) in [6.45, 7) is 4.14. The highest BCUT2D eigenvalue weighted by atomic mass is 19.4. The van der Waals surface area contributed by atoms with Gasteiger partial charge in [0.2, 0.25) is 0 Å². The number of hydrogen-bond donors (Lipinski definition) is 1. The zero-order valence-electron chi connectivity index (χ0n) is 11.9. The van der Waals surface area contributed by atoms with Crippen LogP contribution in [0.1, 0.15) is 44.2 Å². The summed E-state index contributed by atoms with van der Waals surface area (Å²) in [4.78, 5) is 2.24. The van der Waals surface area contributed by atoms with Gasteiger partial charge in [-0.1, -0.05) is 6.92 Å². The first-order chi connectivity index (χ1) is 9.38. The van der Waals surface area contributed by atoms with Crippen LogP contribution in [0.5, 0.6) is 0 Å². The van der Waals surface area contributed by atoms with Crippen molar-refractivity contribution in [3.8, 4) is 0 Å². The number of hydrogen-bond acceptors (Lipinski definition) is 2. The summed E-state index contributed by atoms with van der Waals surface area (Å²) in [6, 6.07) is 5.12. The van der Waals surface area contributed by atoms with Crippen molar-refractivity contribution in [2.45, 2.75) is 57.9 Å². The molecule has 0 spiro atoms. The molecule has 2 atom stereocenters. The van der Waals surface area contributed by atoms with E-state index in [4.69, 9.17) is 5.73 Å². The number of halogens is 3. The molecule has 0 aromatic heterocycles. The summed E-state index contributed by atoms with van der Waals surface area (Å²) in [5.41, 5.74) is 5.90. The van der Waals surface area contributed by atoms with Crippen LogP contribution in [0.3, 0.4) is 0 Å². The summed E-state index contributed by atoms with van der Waals surface area (Å²) in [6.07, 6.45) is -1.16. The second kappa shape index (κ2) is 5.64. The van der Waals surface area contributed by atoms with Gasteiger partial charge in [-0.05, 0) is 49.9 Å². The average molecular weight is 286 g/mol. The molecule has 1 heterocycles. The normalized spacial score (nSPS) is 23.4. The molecule has 0 amide bonds. The lowest BCUT2D eigenvalue weighted by molar-refractivity contribution is -0.138. The van der Waals surface area contributed by atoms with Gasteiger partial charge in [0.05, 0.1) is 5.56 Å². The molecule has 1 aromatic rings. The van der Waals surface area contributed by atoms with Crippen LogP contribution in [0, 0.1) is 0 Å². The largest absolute Gasteiger partial charge is 0.416 e.